The second-order valence-corrected chi connectivity index (χ2v) is 5.60. The second-order valence-electron chi connectivity index (χ2n) is 5.19. The van der Waals surface area contributed by atoms with Gasteiger partial charge in [0.25, 0.3) is 0 Å². The van der Waals surface area contributed by atoms with E-state index in [0.29, 0.717) is 5.11 Å². The first-order chi connectivity index (χ1) is 9.79. The number of nitrogens with zero attached hydrogens (tertiary/aromatic N) is 2. The molecule has 110 valence electrons. The Morgan fingerprint density at radius 1 is 1.25 bits per heavy atom. The predicted molar refractivity (Wildman–Crippen MR) is 89.4 cm³/mol. The molecule has 0 aliphatic carbocycles. The largest absolute Gasteiger partial charge is 0.362 e. The lowest BCUT2D eigenvalue weighted by Gasteiger charge is -2.21. The summed E-state index contributed by atoms with van der Waals surface area (Å²) in [6, 6.07) is 4.13. The van der Waals surface area contributed by atoms with Gasteiger partial charge in [-0.2, -0.15) is 0 Å². The molecular weight excluding hydrogens is 268 g/mol. The average molecular weight is 292 g/mol. The van der Waals surface area contributed by atoms with Crippen molar-refractivity contribution in [1.82, 2.24) is 10.3 Å². The highest BCUT2D eigenvalue weighted by Gasteiger charge is 2.10. The molecular formula is C15H24N4S. The van der Waals surface area contributed by atoms with Crippen molar-refractivity contribution in [3.05, 3.63) is 18.3 Å². The third kappa shape index (κ3) is 4.63. The average Bonchev–Trinajstić information content (AvgIpc) is 2.75. The minimum atomic E-state index is 0.663. The lowest BCUT2D eigenvalue weighted by atomic mass is 10.2. The predicted octanol–water partition coefficient (Wildman–Crippen LogP) is 3.16. The molecule has 2 rings (SSSR count). The summed E-state index contributed by atoms with van der Waals surface area (Å²) in [5, 5.41) is 6.97. The molecule has 1 saturated heterocycles. The topological polar surface area (TPSA) is 40.2 Å². The number of hydrogen-bond donors (Lipinski definition) is 2. The molecule has 1 aromatic heterocycles. The standard InChI is InChI=1S/C15H24N4S/c1-2-9-16-15(20)18-13-7-8-14(17-12-13)19-10-5-3-4-6-11-19/h7-8,12H,2-6,9-11H2,1H3,(H2,16,18,20). The van der Waals surface area contributed by atoms with E-state index in [1.165, 1.54) is 25.7 Å². The van der Waals surface area contributed by atoms with Crippen LogP contribution in [0.3, 0.4) is 0 Å². The summed E-state index contributed by atoms with van der Waals surface area (Å²) in [6.45, 7) is 5.25. The zero-order chi connectivity index (χ0) is 14.2. The zero-order valence-electron chi connectivity index (χ0n) is 12.2. The number of anilines is 2. The molecule has 0 bridgehead atoms. The van der Waals surface area contributed by atoms with Gasteiger partial charge in [0.15, 0.2) is 5.11 Å². The van der Waals surface area contributed by atoms with Gasteiger partial charge in [0.05, 0.1) is 11.9 Å². The van der Waals surface area contributed by atoms with Gasteiger partial charge in [-0.25, -0.2) is 4.98 Å². The van der Waals surface area contributed by atoms with Crippen LogP contribution >= 0.6 is 12.2 Å². The van der Waals surface area contributed by atoms with Crippen LogP contribution in [0, 0.1) is 0 Å². The van der Waals surface area contributed by atoms with Crippen LogP contribution in [0.15, 0.2) is 18.3 Å². The Hall–Kier alpha value is -1.36. The van der Waals surface area contributed by atoms with E-state index in [9.17, 15) is 0 Å². The Morgan fingerprint density at radius 3 is 2.60 bits per heavy atom. The van der Waals surface area contributed by atoms with Gasteiger partial charge in [0.2, 0.25) is 0 Å². The molecule has 5 heteroatoms. The Kier molecular flexibility index (Phi) is 6.05. The fraction of sp³-hybridized carbons (Fsp3) is 0.600. The van der Waals surface area contributed by atoms with Crippen molar-refractivity contribution in [3.8, 4) is 0 Å². The van der Waals surface area contributed by atoms with E-state index in [4.69, 9.17) is 12.2 Å². The lowest BCUT2D eigenvalue weighted by molar-refractivity contribution is 0.726. The summed E-state index contributed by atoms with van der Waals surface area (Å²) < 4.78 is 0. The minimum Gasteiger partial charge on any atom is -0.362 e. The Bertz CT molecular complexity index is 410. The van der Waals surface area contributed by atoms with Gasteiger partial charge in [-0.3, -0.25) is 0 Å². The molecule has 1 aliphatic heterocycles. The molecule has 0 saturated carbocycles. The maximum Gasteiger partial charge on any atom is 0.170 e. The van der Waals surface area contributed by atoms with E-state index in [-0.39, 0.29) is 0 Å². The van der Waals surface area contributed by atoms with E-state index in [0.717, 1.165) is 37.6 Å². The fourth-order valence-electron chi connectivity index (χ4n) is 2.36. The Balaban J connectivity index is 1.90. The van der Waals surface area contributed by atoms with Crippen LogP contribution < -0.4 is 15.5 Å². The van der Waals surface area contributed by atoms with Crippen molar-refractivity contribution < 1.29 is 0 Å². The monoisotopic (exact) mass is 292 g/mol. The molecule has 2 N–H and O–H groups in total. The molecule has 2 heterocycles. The van der Waals surface area contributed by atoms with E-state index in [1.807, 2.05) is 12.3 Å². The number of pyridine rings is 1. The van der Waals surface area contributed by atoms with Crippen LogP contribution in [0.25, 0.3) is 0 Å². The van der Waals surface area contributed by atoms with E-state index in [2.05, 4.69) is 33.5 Å². The van der Waals surface area contributed by atoms with Crippen molar-refractivity contribution in [1.29, 1.82) is 0 Å². The van der Waals surface area contributed by atoms with Crippen LogP contribution in [0.2, 0.25) is 0 Å². The zero-order valence-corrected chi connectivity index (χ0v) is 13.0. The number of nitrogens with one attached hydrogen (secondary N) is 2. The van der Waals surface area contributed by atoms with Crippen LogP contribution in [-0.4, -0.2) is 29.7 Å². The normalized spacial score (nSPS) is 15.6. The summed E-state index contributed by atoms with van der Waals surface area (Å²) in [4.78, 5) is 6.93. The van der Waals surface area contributed by atoms with Gasteiger partial charge >= 0.3 is 0 Å². The molecule has 0 amide bonds. The highest BCUT2D eigenvalue weighted by Crippen LogP contribution is 2.18. The molecule has 0 spiro atoms. The summed E-state index contributed by atoms with van der Waals surface area (Å²) in [5.74, 6) is 1.07. The summed E-state index contributed by atoms with van der Waals surface area (Å²) in [7, 11) is 0. The highest BCUT2D eigenvalue weighted by molar-refractivity contribution is 7.80. The summed E-state index contributed by atoms with van der Waals surface area (Å²) >= 11 is 5.22. The van der Waals surface area contributed by atoms with E-state index in [1.54, 1.807) is 0 Å². The molecule has 1 aliphatic rings. The lowest BCUT2D eigenvalue weighted by Crippen LogP contribution is -2.29. The van der Waals surface area contributed by atoms with Crippen molar-refractivity contribution >= 4 is 28.8 Å². The van der Waals surface area contributed by atoms with Gasteiger partial charge in [-0.15, -0.1) is 0 Å². The third-order valence-corrected chi connectivity index (χ3v) is 3.72. The maximum atomic E-state index is 5.22. The third-order valence-electron chi connectivity index (χ3n) is 3.47. The van der Waals surface area contributed by atoms with Gasteiger partial charge < -0.3 is 15.5 Å². The Morgan fingerprint density at radius 2 is 2.00 bits per heavy atom. The van der Waals surface area contributed by atoms with Gasteiger partial charge in [0.1, 0.15) is 5.82 Å². The molecule has 1 aromatic rings. The summed E-state index contributed by atoms with van der Waals surface area (Å²) in [5.41, 5.74) is 0.942. The first-order valence-electron chi connectivity index (χ1n) is 7.55. The minimum absolute atomic E-state index is 0.663. The fourth-order valence-corrected chi connectivity index (χ4v) is 2.58. The number of aromatic nitrogens is 1. The molecule has 0 unspecified atom stereocenters. The highest BCUT2D eigenvalue weighted by atomic mass is 32.1. The van der Waals surface area contributed by atoms with Crippen LogP contribution in [0.4, 0.5) is 11.5 Å². The second kappa shape index (κ2) is 8.04. The quantitative estimate of drug-likeness (QED) is 0.834. The smallest absolute Gasteiger partial charge is 0.170 e. The van der Waals surface area contributed by atoms with Crippen LogP contribution in [-0.2, 0) is 0 Å². The van der Waals surface area contributed by atoms with Crippen molar-refractivity contribution in [3.63, 3.8) is 0 Å². The summed E-state index contributed by atoms with van der Waals surface area (Å²) in [6.07, 6.45) is 8.15. The van der Waals surface area contributed by atoms with Crippen molar-refractivity contribution in [2.24, 2.45) is 0 Å². The number of rotatable bonds is 4. The van der Waals surface area contributed by atoms with Crippen LogP contribution in [0.1, 0.15) is 39.0 Å². The number of thiocarbonyl (C=S) groups is 1. The first kappa shape index (κ1) is 15.0. The molecule has 1 fully saturated rings. The van der Waals surface area contributed by atoms with Gasteiger partial charge in [-0.1, -0.05) is 19.8 Å². The molecule has 0 atom stereocenters. The number of hydrogen-bond acceptors (Lipinski definition) is 3. The maximum absolute atomic E-state index is 5.22. The molecule has 20 heavy (non-hydrogen) atoms. The van der Waals surface area contributed by atoms with Gasteiger partial charge in [0, 0.05) is 19.6 Å². The van der Waals surface area contributed by atoms with Gasteiger partial charge in [-0.05, 0) is 43.6 Å². The SMILES string of the molecule is CCCNC(=S)Nc1ccc(N2CCCCCC2)nc1. The van der Waals surface area contributed by atoms with Crippen molar-refractivity contribution in [2.45, 2.75) is 39.0 Å². The first-order valence-corrected chi connectivity index (χ1v) is 7.96. The molecule has 4 nitrogen and oxygen atoms in total. The molecule has 0 aromatic carbocycles. The van der Waals surface area contributed by atoms with Crippen LogP contribution in [0.5, 0.6) is 0 Å². The van der Waals surface area contributed by atoms with E-state index >= 15 is 0 Å². The molecule has 0 radical (unpaired) electrons. The van der Waals surface area contributed by atoms with Crippen molar-refractivity contribution in [2.75, 3.05) is 29.9 Å². The van der Waals surface area contributed by atoms with E-state index < -0.39 is 0 Å². The Labute approximate surface area is 127 Å².